The van der Waals surface area contributed by atoms with E-state index in [0.717, 1.165) is 0 Å². The van der Waals surface area contributed by atoms with Crippen LogP contribution >= 0.6 is 0 Å². The number of hydrogen-bond donors (Lipinski definition) is 4. The van der Waals surface area contributed by atoms with Crippen molar-refractivity contribution in [2.24, 2.45) is 10.8 Å². The van der Waals surface area contributed by atoms with Crippen LogP contribution in [-0.4, -0.2) is 142 Å². The third-order valence-corrected chi connectivity index (χ3v) is 9.12. The van der Waals surface area contributed by atoms with Crippen LogP contribution in [0.1, 0.15) is 107 Å². The van der Waals surface area contributed by atoms with Gasteiger partial charge in [-0.15, -0.1) is 0 Å². The fourth-order valence-electron chi connectivity index (χ4n) is 4.56. The van der Waals surface area contributed by atoms with Crippen LogP contribution in [0.5, 0.6) is 0 Å². The summed E-state index contributed by atoms with van der Waals surface area (Å²) in [5, 5.41) is 39.8. The molecule has 13 nitrogen and oxygen atoms in total. The van der Waals surface area contributed by atoms with Gasteiger partial charge in [0.1, 0.15) is 12.2 Å². The van der Waals surface area contributed by atoms with Crippen molar-refractivity contribution in [1.82, 2.24) is 0 Å². The van der Waals surface area contributed by atoms with E-state index in [1.807, 2.05) is 55.4 Å². The number of aliphatic hydroxyl groups is 4. The molecule has 0 aromatic heterocycles. The van der Waals surface area contributed by atoms with Crippen LogP contribution in [0, 0.1) is 10.8 Å². The number of carbonyl (C=O) groups is 1. The molecule has 0 aliphatic rings. The van der Waals surface area contributed by atoms with E-state index in [4.69, 9.17) is 37.9 Å². The Labute approximate surface area is 302 Å². The summed E-state index contributed by atoms with van der Waals surface area (Å²) >= 11 is 0. The molecule has 0 bridgehead atoms. The van der Waals surface area contributed by atoms with Crippen molar-refractivity contribution in [2.45, 2.75) is 143 Å². The number of rotatable bonds is 34. The highest BCUT2D eigenvalue weighted by molar-refractivity contribution is 5.60. The molecule has 0 fully saturated rings. The van der Waals surface area contributed by atoms with Crippen molar-refractivity contribution in [3.63, 3.8) is 0 Å². The Morgan fingerprint density at radius 3 is 0.860 bits per heavy atom. The van der Waals surface area contributed by atoms with Crippen LogP contribution in [0.2, 0.25) is 0 Å². The normalized spacial score (nSPS) is 18.0. The highest BCUT2D eigenvalue weighted by Gasteiger charge is 2.33. The van der Waals surface area contributed by atoms with Gasteiger partial charge in [0, 0.05) is 10.8 Å². The lowest BCUT2D eigenvalue weighted by molar-refractivity contribution is -0.110. The van der Waals surface area contributed by atoms with Gasteiger partial charge in [-0.05, 0) is 51.4 Å². The highest BCUT2D eigenvalue weighted by atomic mass is 16.7. The average Bonchev–Trinajstić information content (AvgIpc) is 3.12. The molecular formula is C37H74O13. The maximum absolute atomic E-state index is 12.8. The van der Waals surface area contributed by atoms with Gasteiger partial charge in [0.25, 0.3) is 0 Å². The molecule has 0 saturated carbocycles. The second-order valence-electron chi connectivity index (χ2n) is 13.6. The Morgan fingerprint density at radius 2 is 0.660 bits per heavy atom. The second kappa shape index (κ2) is 29.3. The van der Waals surface area contributed by atoms with E-state index in [1.54, 1.807) is 0 Å². The van der Waals surface area contributed by atoms with Gasteiger partial charge >= 0.3 is 6.16 Å². The lowest BCUT2D eigenvalue weighted by Crippen LogP contribution is -2.40. The fourth-order valence-corrected chi connectivity index (χ4v) is 4.56. The lowest BCUT2D eigenvalue weighted by Gasteiger charge is -2.33. The van der Waals surface area contributed by atoms with Gasteiger partial charge in [-0.2, -0.15) is 0 Å². The molecule has 0 rings (SSSR count). The van der Waals surface area contributed by atoms with Gasteiger partial charge in [-0.3, -0.25) is 0 Å². The Kier molecular flexibility index (Phi) is 28.7. The molecule has 0 radical (unpaired) electrons. The maximum atomic E-state index is 12.8. The van der Waals surface area contributed by atoms with E-state index in [1.165, 1.54) is 0 Å². The van der Waals surface area contributed by atoms with E-state index in [2.05, 4.69) is 0 Å². The van der Waals surface area contributed by atoms with Crippen molar-refractivity contribution in [1.29, 1.82) is 0 Å². The summed E-state index contributed by atoms with van der Waals surface area (Å²) in [5.74, 6) is 0. The fraction of sp³-hybridized carbons (Fsp3) is 0.973. The van der Waals surface area contributed by atoms with E-state index >= 15 is 0 Å². The average molecular weight is 727 g/mol. The predicted molar refractivity (Wildman–Crippen MR) is 191 cm³/mol. The molecule has 0 spiro atoms. The largest absolute Gasteiger partial charge is 0.508 e. The first kappa shape index (κ1) is 48.9. The summed E-state index contributed by atoms with van der Waals surface area (Å²) in [6, 6.07) is 0. The zero-order valence-electron chi connectivity index (χ0n) is 32.6. The Hall–Kier alpha value is -1.13. The van der Waals surface area contributed by atoms with Crippen molar-refractivity contribution in [3.8, 4) is 0 Å². The minimum Gasteiger partial charge on any atom is -0.429 e. The zero-order valence-corrected chi connectivity index (χ0v) is 32.6. The molecule has 0 aliphatic heterocycles. The molecule has 0 aromatic carbocycles. The third kappa shape index (κ3) is 22.1. The van der Waals surface area contributed by atoms with Crippen LogP contribution in [0.3, 0.4) is 0 Å². The number of ether oxygens (including phenoxy) is 8. The SMILES string of the molecule is CCC(O)COCC(CC)(COCC(O)CC)COCC(CC)OC(=O)OC(CC)COCC(CC)(COCC(O)CC)COCC(O)CC. The summed E-state index contributed by atoms with van der Waals surface area (Å²) in [7, 11) is 0. The highest BCUT2D eigenvalue weighted by Crippen LogP contribution is 2.26. The predicted octanol–water partition coefficient (Wildman–Crippen LogP) is 4.67. The Morgan fingerprint density at radius 1 is 0.420 bits per heavy atom. The first-order chi connectivity index (χ1) is 23.9. The second-order valence-corrected chi connectivity index (χ2v) is 13.6. The maximum Gasteiger partial charge on any atom is 0.508 e. The summed E-state index contributed by atoms with van der Waals surface area (Å²) in [6.07, 6.45) is 0.628. The number of hydrogen-bond acceptors (Lipinski definition) is 13. The molecule has 0 aromatic rings. The smallest absolute Gasteiger partial charge is 0.429 e. The van der Waals surface area contributed by atoms with Crippen molar-refractivity contribution < 1.29 is 63.1 Å². The van der Waals surface area contributed by atoms with E-state index < -0.39 is 53.6 Å². The topological polar surface area (TPSA) is 172 Å². The van der Waals surface area contributed by atoms with Gasteiger partial charge in [0.15, 0.2) is 0 Å². The van der Waals surface area contributed by atoms with Crippen LogP contribution < -0.4 is 0 Å². The van der Waals surface area contributed by atoms with Gasteiger partial charge < -0.3 is 58.3 Å². The van der Waals surface area contributed by atoms with Crippen LogP contribution in [0.4, 0.5) is 4.79 Å². The monoisotopic (exact) mass is 727 g/mol. The van der Waals surface area contributed by atoms with Crippen LogP contribution in [-0.2, 0) is 37.9 Å². The van der Waals surface area contributed by atoms with Gasteiger partial charge in [0.05, 0.1) is 104 Å². The van der Waals surface area contributed by atoms with Gasteiger partial charge in [-0.1, -0.05) is 55.4 Å². The third-order valence-electron chi connectivity index (χ3n) is 9.12. The molecule has 6 atom stereocenters. The molecule has 50 heavy (non-hydrogen) atoms. The summed E-state index contributed by atoms with van der Waals surface area (Å²) < 4.78 is 46.7. The van der Waals surface area contributed by atoms with E-state index in [0.29, 0.717) is 77.8 Å². The Balaban J connectivity index is 5.16. The van der Waals surface area contributed by atoms with E-state index in [9.17, 15) is 25.2 Å². The zero-order chi connectivity index (χ0) is 37.8. The molecule has 0 saturated heterocycles. The summed E-state index contributed by atoms with van der Waals surface area (Å²) in [5.41, 5.74) is -1.03. The van der Waals surface area contributed by atoms with Crippen LogP contribution in [0.15, 0.2) is 0 Å². The molecule has 0 heterocycles. The minimum atomic E-state index is -0.804. The van der Waals surface area contributed by atoms with E-state index in [-0.39, 0.29) is 52.9 Å². The lowest BCUT2D eigenvalue weighted by atomic mass is 9.88. The first-order valence-corrected chi connectivity index (χ1v) is 19.0. The summed E-state index contributed by atoms with van der Waals surface area (Å²) in [4.78, 5) is 12.8. The quantitative estimate of drug-likeness (QED) is 0.0675. The van der Waals surface area contributed by atoms with Gasteiger partial charge in [-0.25, -0.2) is 4.79 Å². The van der Waals surface area contributed by atoms with Crippen molar-refractivity contribution in [3.05, 3.63) is 0 Å². The molecule has 13 heteroatoms. The molecule has 300 valence electrons. The summed E-state index contributed by atoms with van der Waals surface area (Å²) in [6.45, 7) is 18.3. The molecule has 6 unspecified atom stereocenters. The van der Waals surface area contributed by atoms with Crippen LogP contribution in [0.25, 0.3) is 0 Å². The molecule has 0 amide bonds. The molecule has 0 aliphatic carbocycles. The van der Waals surface area contributed by atoms with Crippen molar-refractivity contribution in [2.75, 3.05) is 79.3 Å². The first-order valence-electron chi connectivity index (χ1n) is 19.0. The Bertz CT molecular complexity index is 707. The molecular weight excluding hydrogens is 652 g/mol. The standard InChI is InChI=1S/C37H74O13/c1-9-29(38)17-43-23-36(15-7,24-44-18-30(39)10-2)27-47-21-33(13-5)49-35(42)50-34(14-6)22-48-28-37(16-8,25-45-19-31(40)11-3)26-46-20-32(41)12-4/h29-34,38-41H,9-28H2,1-8H3. The molecule has 4 N–H and O–H groups in total. The van der Waals surface area contributed by atoms with Gasteiger partial charge in [0.2, 0.25) is 0 Å². The number of carbonyl (C=O) groups excluding carboxylic acids is 1. The number of aliphatic hydroxyl groups excluding tert-OH is 4. The van der Waals surface area contributed by atoms with Crippen molar-refractivity contribution >= 4 is 6.16 Å². The minimum absolute atomic E-state index is 0.147.